The minimum atomic E-state index is -4.69. The van der Waals surface area contributed by atoms with Crippen molar-refractivity contribution in [1.82, 2.24) is 24.4 Å². The number of amides is 1. The molecule has 3 aromatic heterocycles. The Hall–Kier alpha value is -3.80. The fourth-order valence-electron chi connectivity index (χ4n) is 4.70. The Morgan fingerprint density at radius 1 is 1.22 bits per heavy atom. The molecule has 1 aromatic carbocycles. The Balaban J connectivity index is 1.56. The SMILES string of the molecule is [2H]C([2H])([2H])n1c(=O)n([C@@H]2CC[C@@H](NC(=O)OC)C2)c2cc(Nc3ccc4cc(Cl)cc(C(F)(F)F)c4n3)ncc21. The normalized spacial score (nSPS) is 19.4. The van der Waals surface area contributed by atoms with E-state index < -0.39 is 36.5 Å². The molecule has 2 atom stereocenters. The van der Waals surface area contributed by atoms with E-state index in [4.69, 9.17) is 15.7 Å². The first kappa shape index (κ1) is 21.3. The number of nitrogens with one attached hydrogen (secondary N) is 2. The van der Waals surface area contributed by atoms with Gasteiger partial charge in [0.2, 0.25) is 0 Å². The van der Waals surface area contributed by atoms with E-state index in [0.717, 1.165) is 6.07 Å². The lowest BCUT2D eigenvalue weighted by Gasteiger charge is -2.14. The lowest BCUT2D eigenvalue weighted by atomic mass is 10.1. The molecule has 0 bridgehead atoms. The first-order chi connectivity index (χ1) is 18.8. The molecule has 1 amide bonds. The molecule has 1 aliphatic carbocycles. The summed E-state index contributed by atoms with van der Waals surface area (Å²) in [6.45, 7) is -2.80. The smallest absolute Gasteiger partial charge is 0.418 e. The van der Waals surface area contributed by atoms with Crippen LogP contribution in [0, 0.1) is 0 Å². The number of aromatic nitrogens is 4. The third-order valence-electron chi connectivity index (χ3n) is 6.36. The van der Waals surface area contributed by atoms with Crippen LogP contribution in [-0.2, 0) is 17.9 Å². The Bertz CT molecular complexity index is 1690. The topological polar surface area (TPSA) is 103 Å². The van der Waals surface area contributed by atoms with Crippen LogP contribution in [-0.4, -0.2) is 38.3 Å². The van der Waals surface area contributed by atoms with Crippen LogP contribution in [0.2, 0.25) is 5.02 Å². The number of hydrogen-bond acceptors (Lipinski definition) is 6. The Kier molecular flexibility index (Phi) is 5.33. The second kappa shape index (κ2) is 9.25. The summed E-state index contributed by atoms with van der Waals surface area (Å²) in [6.07, 6.45) is -2.72. The molecule has 0 radical (unpaired) electrons. The minimum Gasteiger partial charge on any atom is -0.453 e. The number of aryl methyl sites for hydroxylation is 1. The van der Waals surface area contributed by atoms with Gasteiger partial charge in [-0.3, -0.25) is 9.13 Å². The number of benzene rings is 1. The molecule has 1 aliphatic rings. The Morgan fingerprint density at radius 3 is 2.76 bits per heavy atom. The summed E-state index contributed by atoms with van der Waals surface area (Å²) in [6, 6.07) is 5.77. The number of hydrogen-bond donors (Lipinski definition) is 2. The van der Waals surface area contributed by atoms with E-state index >= 15 is 0 Å². The zero-order valence-electron chi connectivity index (χ0n) is 22.3. The first-order valence-electron chi connectivity index (χ1n) is 12.7. The van der Waals surface area contributed by atoms with E-state index in [2.05, 4.69) is 25.3 Å². The second-order valence-corrected chi connectivity index (χ2v) is 9.13. The van der Waals surface area contributed by atoms with Crippen LogP contribution in [0.15, 0.2) is 41.3 Å². The summed E-state index contributed by atoms with van der Waals surface area (Å²) < 4.78 is 71.2. The van der Waals surface area contributed by atoms with E-state index in [1.807, 2.05) is 0 Å². The van der Waals surface area contributed by atoms with E-state index in [-0.39, 0.29) is 44.6 Å². The maximum Gasteiger partial charge on any atom is 0.418 e. The van der Waals surface area contributed by atoms with Crippen LogP contribution >= 0.6 is 11.6 Å². The number of pyridine rings is 2. The van der Waals surface area contributed by atoms with E-state index in [1.165, 1.54) is 42.1 Å². The molecule has 4 aromatic rings. The van der Waals surface area contributed by atoms with Crippen LogP contribution in [0.3, 0.4) is 0 Å². The first-order valence-corrected chi connectivity index (χ1v) is 11.6. The molecule has 194 valence electrons. The largest absolute Gasteiger partial charge is 0.453 e. The average Bonchev–Trinajstić information content (AvgIpc) is 3.43. The second-order valence-electron chi connectivity index (χ2n) is 8.69. The zero-order valence-corrected chi connectivity index (χ0v) is 20.0. The average molecular weight is 538 g/mol. The lowest BCUT2D eigenvalue weighted by Crippen LogP contribution is -2.33. The third kappa shape index (κ3) is 4.68. The van der Waals surface area contributed by atoms with Gasteiger partial charge in [0.15, 0.2) is 0 Å². The van der Waals surface area contributed by atoms with Crippen LogP contribution in [0.5, 0.6) is 0 Å². The van der Waals surface area contributed by atoms with Crippen molar-refractivity contribution >= 4 is 51.3 Å². The van der Waals surface area contributed by atoms with Gasteiger partial charge in [0.25, 0.3) is 0 Å². The van der Waals surface area contributed by atoms with Gasteiger partial charge in [0, 0.05) is 39.6 Å². The number of halogens is 4. The number of fused-ring (bicyclic) bond motifs is 2. The van der Waals surface area contributed by atoms with E-state index in [0.29, 0.717) is 23.8 Å². The fourth-order valence-corrected chi connectivity index (χ4v) is 4.93. The molecule has 1 fully saturated rings. The monoisotopic (exact) mass is 537 g/mol. The Labute approximate surface area is 217 Å². The molecule has 0 unspecified atom stereocenters. The van der Waals surface area contributed by atoms with E-state index in [1.54, 1.807) is 0 Å². The lowest BCUT2D eigenvalue weighted by molar-refractivity contribution is -0.136. The van der Waals surface area contributed by atoms with Crippen molar-refractivity contribution in [3.63, 3.8) is 0 Å². The number of methoxy groups -OCH3 is 1. The number of rotatable bonds is 4. The number of alkyl carbamates (subject to hydrolysis) is 1. The zero-order chi connectivity index (χ0) is 29.0. The number of carbonyl (C=O) groups is 1. The minimum absolute atomic E-state index is 0.0412. The van der Waals surface area contributed by atoms with Crippen molar-refractivity contribution in [2.75, 3.05) is 12.4 Å². The van der Waals surface area contributed by atoms with Gasteiger partial charge in [-0.25, -0.2) is 19.6 Å². The maximum atomic E-state index is 13.6. The van der Waals surface area contributed by atoms with Gasteiger partial charge in [-0.15, -0.1) is 0 Å². The number of carbonyl (C=O) groups excluding carboxylic acids is 1. The van der Waals surface area contributed by atoms with Gasteiger partial charge in [0.05, 0.1) is 35.4 Å². The number of anilines is 2. The molecule has 13 heteroatoms. The number of ether oxygens (including phenoxy) is 1. The van der Waals surface area contributed by atoms with Crippen LogP contribution in [0.25, 0.3) is 21.9 Å². The molecule has 2 N–H and O–H groups in total. The quantitative estimate of drug-likeness (QED) is 0.373. The van der Waals surface area contributed by atoms with Gasteiger partial charge in [0.1, 0.15) is 11.6 Å². The van der Waals surface area contributed by atoms with E-state index in [9.17, 15) is 22.8 Å². The summed E-state index contributed by atoms with van der Waals surface area (Å²) >= 11 is 5.86. The number of alkyl halides is 3. The molecule has 37 heavy (non-hydrogen) atoms. The molecule has 5 rings (SSSR count). The predicted molar refractivity (Wildman–Crippen MR) is 132 cm³/mol. The molecule has 0 spiro atoms. The highest BCUT2D eigenvalue weighted by Gasteiger charge is 2.34. The maximum absolute atomic E-state index is 13.6. The molecule has 9 nitrogen and oxygen atoms in total. The van der Waals surface area contributed by atoms with Gasteiger partial charge >= 0.3 is 18.0 Å². The van der Waals surface area contributed by atoms with Crippen molar-refractivity contribution in [3.8, 4) is 0 Å². The van der Waals surface area contributed by atoms with Crippen LogP contribution in [0.1, 0.15) is 35.0 Å². The summed E-state index contributed by atoms with van der Waals surface area (Å²) in [4.78, 5) is 33.3. The van der Waals surface area contributed by atoms with Crippen molar-refractivity contribution in [1.29, 1.82) is 0 Å². The standard InChI is InChI=1S/C24H22ClF3N6O3/c1-33-18-11-29-20(10-17(18)34(23(33)36)15-5-4-14(9-15)30-22(35)37-2)31-19-6-3-12-7-13(25)8-16(21(12)32-19)24(26,27)28/h3,6-8,10-11,14-15H,4-5,9H2,1-2H3,(H,30,35)(H,29,31,32)/t14-,15-/m1/s1/i1D3. The van der Waals surface area contributed by atoms with Crippen molar-refractivity contribution in [3.05, 3.63) is 57.6 Å². The number of imidazole rings is 1. The van der Waals surface area contributed by atoms with Gasteiger partial charge in [-0.05, 0) is 43.5 Å². The molecule has 0 saturated heterocycles. The highest BCUT2D eigenvalue weighted by molar-refractivity contribution is 6.31. The van der Waals surface area contributed by atoms with Crippen LogP contribution < -0.4 is 16.3 Å². The molecular weight excluding hydrogens is 513 g/mol. The van der Waals surface area contributed by atoms with Crippen molar-refractivity contribution in [2.45, 2.75) is 37.5 Å². The molecule has 1 saturated carbocycles. The third-order valence-corrected chi connectivity index (χ3v) is 6.57. The van der Waals surface area contributed by atoms with Crippen LogP contribution in [0.4, 0.5) is 29.6 Å². The summed E-state index contributed by atoms with van der Waals surface area (Å²) in [5, 5.41) is 5.65. The predicted octanol–water partition coefficient (Wildman–Crippen LogP) is 5.15. The fraction of sp³-hybridized carbons (Fsp3) is 0.333. The van der Waals surface area contributed by atoms with Gasteiger partial charge in [-0.1, -0.05) is 11.6 Å². The highest BCUT2D eigenvalue weighted by atomic mass is 35.5. The molecule has 0 aliphatic heterocycles. The van der Waals surface area contributed by atoms with Crippen molar-refractivity contribution in [2.24, 2.45) is 6.98 Å². The summed E-state index contributed by atoms with van der Waals surface area (Å²) in [5.74, 6) is 0.167. The number of nitrogens with zero attached hydrogens (tertiary/aromatic N) is 4. The molecular formula is C24H22ClF3N6O3. The van der Waals surface area contributed by atoms with Gasteiger partial charge < -0.3 is 15.4 Å². The Morgan fingerprint density at radius 2 is 2.03 bits per heavy atom. The summed E-state index contributed by atoms with van der Waals surface area (Å²) in [5.41, 5.74) is -1.77. The summed E-state index contributed by atoms with van der Waals surface area (Å²) in [7, 11) is 1.24. The van der Waals surface area contributed by atoms with Gasteiger partial charge in [-0.2, -0.15) is 13.2 Å². The highest BCUT2D eigenvalue weighted by Crippen LogP contribution is 2.37. The van der Waals surface area contributed by atoms with Crippen molar-refractivity contribution < 1.29 is 26.8 Å². The molecule has 3 heterocycles.